The molecule has 0 spiro atoms. The summed E-state index contributed by atoms with van der Waals surface area (Å²) in [5, 5.41) is 0.356. The number of halogens is 2. The van der Waals surface area contributed by atoms with E-state index < -0.39 is 10.0 Å². The van der Waals surface area contributed by atoms with E-state index in [1.54, 1.807) is 29.2 Å². The van der Waals surface area contributed by atoms with Crippen molar-refractivity contribution in [2.24, 2.45) is 0 Å². The van der Waals surface area contributed by atoms with Crippen LogP contribution in [-0.4, -0.2) is 32.3 Å². The van der Waals surface area contributed by atoms with E-state index in [4.69, 9.17) is 23.2 Å². The average molecular weight is 399 g/mol. The van der Waals surface area contributed by atoms with Gasteiger partial charge in [-0.05, 0) is 55.3 Å². The summed E-state index contributed by atoms with van der Waals surface area (Å²) in [6, 6.07) is 10.6. The number of nitrogens with one attached hydrogen (secondary N) is 1. The smallest absolute Gasteiger partial charge is 0.263 e. The highest BCUT2D eigenvalue weighted by atomic mass is 35.5. The van der Waals surface area contributed by atoms with Crippen molar-refractivity contribution in [3.63, 3.8) is 0 Å². The number of carbonyl (C=O) groups is 1. The van der Waals surface area contributed by atoms with Gasteiger partial charge in [-0.3, -0.25) is 9.52 Å². The van der Waals surface area contributed by atoms with E-state index in [0.29, 0.717) is 11.3 Å². The molecule has 1 N–H and O–H groups in total. The summed E-state index contributed by atoms with van der Waals surface area (Å²) in [5.41, 5.74) is 0.875. The van der Waals surface area contributed by atoms with Crippen LogP contribution >= 0.6 is 23.2 Å². The van der Waals surface area contributed by atoms with Crippen LogP contribution < -0.4 is 4.72 Å². The number of likely N-dealkylation sites (tertiary alicyclic amines) is 1. The summed E-state index contributed by atoms with van der Waals surface area (Å²) < 4.78 is 27.4. The second-order valence-corrected chi connectivity index (χ2v) is 8.25. The molecule has 1 aliphatic heterocycles. The lowest BCUT2D eigenvalue weighted by Crippen LogP contribution is -2.27. The Morgan fingerprint density at radius 2 is 1.64 bits per heavy atom. The summed E-state index contributed by atoms with van der Waals surface area (Å²) in [4.78, 5) is 14.0. The Balaban J connectivity index is 1.78. The monoisotopic (exact) mass is 398 g/mol. The van der Waals surface area contributed by atoms with Gasteiger partial charge < -0.3 is 4.90 Å². The minimum atomic E-state index is -3.88. The molecule has 2 aromatic carbocycles. The molecule has 0 aromatic heterocycles. The van der Waals surface area contributed by atoms with Crippen molar-refractivity contribution in [2.45, 2.75) is 17.7 Å². The van der Waals surface area contributed by atoms with Crippen LogP contribution in [0.25, 0.3) is 0 Å². The van der Waals surface area contributed by atoms with E-state index in [1.165, 1.54) is 18.2 Å². The minimum absolute atomic E-state index is 0.0372. The molecular weight excluding hydrogens is 383 g/mol. The molecular formula is C17H16Cl2N2O3S. The lowest BCUT2D eigenvalue weighted by atomic mass is 10.2. The first-order valence-corrected chi connectivity index (χ1v) is 9.98. The molecule has 1 fully saturated rings. The van der Waals surface area contributed by atoms with Gasteiger partial charge in [-0.15, -0.1) is 0 Å². The predicted molar refractivity (Wildman–Crippen MR) is 98.9 cm³/mol. The van der Waals surface area contributed by atoms with Crippen LogP contribution in [0.15, 0.2) is 47.4 Å². The molecule has 0 bridgehead atoms. The molecule has 132 valence electrons. The molecule has 1 amide bonds. The zero-order valence-electron chi connectivity index (χ0n) is 13.2. The summed E-state index contributed by atoms with van der Waals surface area (Å²) in [6.07, 6.45) is 2.04. The highest BCUT2D eigenvalue weighted by Gasteiger charge is 2.21. The van der Waals surface area contributed by atoms with Crippen LogP contribution in [0.3, 0.4) is 0 Å². The Labute approximate surface area is 156 Å². The van der Waals surface area contributed by atoms with E-state index >= 15 is 0 Å². The Morgan fingerprint density at radius 3 is 2.28 bits per heavy atom. The van der Waals surface area contributed by atoms with Gasteiger partial charge >= 0.3 is 0 Å². The fraction of sp³-hybridized carbons (Fsp3) is 0.235. The van der Waals surface area contributed by atoms with E-state index in [-0.39, 0.29) is 20.8 Å². The maximum Gasteiger partial charge on any atom is 0.263 e. The molecule has 0 atom stereocenters. The first-order chi connectivity index (χ1) is 11.9. The number of nitrogens with zero attached hydrogens (tertiary/aromatic N) is 1. The Bertz CT molecular complexity index is 893. The zero-order valence-corrected chi connectivity index (χ0v) is 15.5. The van der Waals surface area contributed by atoms with E-state index in [9.17, 15) is 13.2 Å². The number of sulfonamides is 1. The second-order valence-electron chi connectivity index (χ2n) is 5.76. The van der Waals surface area contributed by atoms with E-state index in [1.807, 2.05) is 0 Å². The lowest BCUT2D eigenvalue weighted by molar-refractivity contribution is 0.0793. The number of benzene rings is 2. The van der Waals surface area contributed by atoms with Gasteiger partial charge in [0.2, 0.25) is 0 Å². The van der Waals surface area contributed by atoms with Crippen molar-refractivity contribution in [1.82, 2.24) is 4.90 Å². The Kier molecular flexibility index (Phi) is 5.22. The SMILES string of the molecule is O=C(c1ccc(NS(=O)(=O)c2cc(Cl)ccc2Cl)cc1)N1CCCC1. The summed E-state index contributed by atoms with van der Waals surface area (Å²) in [7, 11) is -3.88. The lowest BCUT2D eigenvalue weighted by Gasteiger charge is -2.15. The third-order valence-electron chi connectivity index (χ3n) is 3.96. The van der Waals surface area contributed by atoms with Crippen LogP contribution in [0.4, 0.5) is 5.69 Å². The van der Waals surface area contributed by atoms with Crippen molar-refractivity contribution < 1.29 is 13.2 Å². The second kappa shape index (κ2) is 7.23. The minimum Gasteiger partial charge on any atom is -0.339 e. The third kappa shape index (κ3) is 4.08. The van der Waals surface area contributed by atoms with Gasteiger partial charge in [0.15, 0.2) is 0 Å². The maximum atomic E-state index is 12.5. The zero-order chi connectivity index (χ0) is 18.0. The predicted octanol–water partition coefficient (Wildman–Crippen LogP) is 4.03. The van der Waals surface area contributed by atoms with Crippen molar-refractivity contribution in [2.75, 3.05) is 17.8 Å². The number of carbonyl (C=O) groups excluding carboxylic acids is 1. The molecule has 2 aromatic rings. The number of hydrogen-bond acceptors (Lipinski definition) is 3. The molecule has 25 heavy (non-hydrogen) atoms. The number of rotatable bonds is 4. The highest BCUT2D eigenvalue weighted by molar-refractivity contribution is 7.92. The van der Waals surface area contributed by atoms with Crippen LogP contribution in [0.5, 0.6) is 0 Å². The summed E-state index contributed by atoms with van der Waals surface area (Å²) >= 11 is 11.8. The fourth-order valence-electron chi connectivity index (χ4n) is 2.68. The molecule has 1 aliphatic rings. The van der Waals surface area contributed by atoms with Gasteiger partial charge in [-0.2, -0.15) is 0 Å². The van der Waals surface area contributed by atoms with Crippen LogP contribution in [-0.2, 0) is 10.0 Å². The molecule has 0 saturated carbocycles. The average Bonchev–Trinajstić information content (AvgIpc) is 3.11. The summed E-state index contributed by atoms with van der Waals surface area (Å²) in [6.45, 7) is 1.53. The standard InChI is InChI=1S/C17H16Cl2N2O3S/c18-13-5-8-15(19)16(11-13)25(23,24)20-14-6-3-12(4-7-14)17(22)21-9-1-2-10-21/h3-8,11,20H,1-2,9-10H2. The summed E-state index contributed by atoms with van der Waals surface area (Å²) in [5.74, 6) is -0.0372. The van der Waals surface area contributed by atoms with Crippen LogP contribution in [0.2, 0.25) is 10.0 Å². The number of anilines is 1. The van der Waals surface area contributed by atoms with Gasteiger partial charge in [0.25, 0.3) is 15.9 Å². The first kappa shape index (κ1) is 18.0. The molecule has 1 saturated heterocycles. The van der Waals surface area contributed by atoms with Crippen molar-refractivity contribution in [3.05, 3.63) is 58.1 Å². The normalized spacial score (nSPS) is 14.6. The molecule has 0 aliphatic carbocycles. The number of hydrogen-bond donors (Lipinski definition) is 1. The molecule has 0 radical (unpaired) electrons. The van der Waals surface area contributed by atoms with Gasteiger partial charge in [-0.1, -0.05) is 23.2 Å². The van der Waals surface area contributed by atoms with Gasteiger partial charge in [-0.25, -0.2) is 8.42 Å². The van der Waals surface area contributed by atoms with E-state index in [2.05, 4.69) is 4.72 Å². The van der Waals surface area contributed by atoms with Crippen molar-refractivity contribution in [1.29, 1.82) is 0 Å². The highest BCUT2D eigenvalue weighted by Crippen LogP contribution is 2.27. The van der Waals surface area contributed by atoms with Crippen molar-refractivity contribution in [3.8, 4) is 0 Å². The topological polar surface area (TPSA) is 66.5 Å². The van der Waals surface area contributed by atoms with Gasteiger partial charge in [0, 0.05) is 29.4 Å². The quantitative estimate of drug-likeness (QED) is 0.844. The van der Waals surface area contributed by atoms with Gasteiger partial charge in [0.1, 0.15) is 4.90 Å². The third-order valence-corrected chi connectivity index (χ3v) is 6.06. The fourth-order valence-corrected chi connectivity index (χ4v) is 4.50. The first-order valence-electron chi connectivity index (χ1n) is 7.74. The maximum absolute atomic E-state index is 12.5. The Morgan fingerprint density at radius 1 is 1.00 bits per heavy atom. The number of amides is 1. The van der Waals surface area contributed by atoms with Crippen LogP contribution in [0.1, 0.15) is 23.2 Å². The molecule has 5 nitrogen and oxygen atoms in total. The van der Waals surface area contributed by atoms with Gasteiger partial charge in [0.05, 0.1) is 5.02 Å². The molecule has 0 unspecified atom stereocenters. The molecule has 3 rings (SSSR count). The van der Waals surface area contributed by atoms with E-state index in [0.717, 1.165) is 25.9 Å². The molecule has 1 heterocycles. The Hall–Kier alpha value is -1.76. The largest absolute Gasteiger partial charge is 0.339 e. The van der Waals surface area contributed by atoms with Crippen LogP contribution in [0, 0.1) is 0 Å². The molecule has 8 heteroatoms. The van der Waals surface area contributed by atoms with Crippen molar-refractivity contribution >= 4 is 44.8 Å².